The Hall–Kier alpha value is -1.35. The lowest BCUT2D eigenvalue weighted by Gasteiger charge is -2.53. The molecule has 0 radical (unpaired) electrons. The first-order valence-electron chi connectivity index (χ1n) is 18.0. The number of nitrogens with one attached hydrogen (secondary N) is 1. The van der Waals surface area contributed by atoms with E-state index in [4.69, 9.17) is 21.2 Å². The molecule has 0 aromatic heterocycles. The van der Waals surface area contributed by atoms with E-state index in [1.54, 1.807) is 0 Å². The Morgan fingerprint density at radius 3 is 2.57 bits per heavy atom. The molecule has 1 spiro atoms. The minimum absolute atomic E-state index is 0.0255. The molecule has 6 atom stereocenters. The van der Waals surface area contributed by atoms with E-state index in [9.17, 15) is 9.18 Å². The monoisotopic (exact) mass is 616 g/mol. The first-order chi connectivity index (χ1) is 21.2. The summed E-state index contributed by atoms with van der Waals surface area (Å²) in [6.45, 7) is 13.4. The average molecular weight is 617 g/mol. The molecule has 5 rings (SSSR count). The Balaban J connectivity index is 1.40. The van der Waals surface area contributed by atoms with Crippen molar-refractivity contribution in [2.75, 3.05) is 45.9 Å². The topological polar surface area (TPSA) is 109 Å². The van der Waals surface area contributed by atoms with E-state index >= 15 is 0 Å². The number of hydrogen-bond donors (Lipinski definition) is 3. The second-order valence-electron chi connectivity index (χ2n) is 15.2. The minimum Gasteiger partial charge on any atom is -0.380 e. The number of rotatable bonds is 12. The summed E-state index contributed by atoms with van der Waals surface area (Å²) in [6, 6.07) is -0.276. The highest BCUT2D eigenvalue weighted by atomic mass is 19.1. The number of aliphatic imine (C=N–C) groups is 1. The number of carbonyl (C=O) groups excluding carboxylic acids is 1. The maximum absolute atomic E-state index is 15.0. The number of amides is 1. The molecule has 4 heterocycles. The number of piperidine rings is 2. The van der Waals surface area contributed by atoms with Crippen LogP contribution in [0, 0.1) is 28.6 Å². The fourth-order valence-corrected chi connectivity index (χ4v) is 9.56. The van der Waals surface area contributed by atoms with E-state index in [2.05, 4.69) is 41.8 Å². The first-order valence-corrected chi connectivity index (χ1v) is 18.0. The Morgan fingerprint density at radius 2 is 1.93 bits per heavy atom. The van der Waals surface area contributed by atoms with E-state index in [0.717, 1.165) is 84.5 Å². The second kappa shape index (κ2) is 15.0. The molecule has 1 aliphatic carbocycles. The molecule has 1 saturated carbocycles. The maximum Gasteiger partial charge on any atom is 0.228 e. The first kappa shape index (κ1) is 34.0. The predicted molar refractivity (Wildman–Crippen MR) is 175 cm³/mol. The molecule has 250 valence electrons. The molecular formula is C35H61FN6O2. The molecule has 5 N–H and O–H groups in total. The van der Waals surface area contributed by atoms with Gasteiger partial charge in [-0.25, -0.2) is 9.38 Å². The van der Waals surface area contributed by atoms with Crippen LogP contribution in [0.4, 0.5) is 4.39 Å². The molecule has 1 amide bonds. The summed E-state index contributed by atoms with van der Waals surface area (Å²) in [4.78, 5) is 24.3. The van der Waals surface area contributed by atoms with Gasteiger partial charge in [-0.1, -0.05) is 46.5 Å². The fourth-order valence-electron chi connectivity index (χ4n) is 9.56. The van der Waals surface area contributed by atoms with Gasteiger partial charge in [-0.05, 0) is 88.3 Å². The molecule has 9 heteroatoms. The van der Waals surface area contributed by atoms with Crippen molar-refractivity contribution in [2.24, 2.45) is 45.0 Å². The van der Waals surface area contributed by atoms with Crippen LogP contribution in [-0.4, -0.2) is 91.8 Å². The Labute approximate surface area is 266 Å². The van der Waals surface area contributed by atoms with Crippen molar-refractivity contribution in [3.8, 4) is 0 Å². The molecule has 44 heavy (non-hydrogen) atoms. The van der Waals surface area contributed by atoms with E-state index in [1.165, 1.54) is 38.5 Å². The number of halogens is 1. The van der Waals surface area contributed by atoms with Crippen LogP contribution in [0.2, 0.25) is 0 Å². The highest BCUT2D eigenvalue weighted by molar-refractivity contribution is 5.81. The summed E-state index contributed by atoms with van der Waals surface area (Å²) in [5.74, 6) is 2.06. The maximum atomic E-state index is 15.0. The highest BCUT2D eigenvalue weighted by Gasteiger charge is 2.52. The third kappa shape index (κ3) is 7.29. The van der Waals surface area contributed by atoms with Gasteiger partial charge >= 0.3 is 0 Å². The lowest BCUT2D eigenvalue weighted by molar-refractivity contribution is -0.153. The van der Waals surface area contributed by atoms with Crippen LogP contribution >= 0.6 is 0 Å². The zero-order valence-electron chi connectivity index (χ0n) is 27.9. The third-order valence-electron chi connectivity index (χ3n) is 12.3. The number of hydrogen-bond acceptors (Lipinski definition) is 7. The smallest absolute Gasteiger partial charge is 0.228 e. The summed E-state index contributed by atoms with van der Waals surface area (Å²) in [5, 5.41) is 3.51. The number of allylic oxidation sites excluding steroid dienone is 1. The van der Waals surface area contributed by atoms with Crippen LogP contribution < -0.4 is 16.8 Å². The van der Waals surface area contributed by atoms with Crippen LogP contribution in [0.3, 0.4) is 0 Å². The number of unbranched alkanes of at least 4 members (excludes halogenated alkanes) is 2. The zero-order chi connectivity index (χ0) is 31.3. The Kier molecular flexibility index (Phi) is 11.6. The molecule has 6 unspecified atom stereocenters. The van der Waals surface area contributed by atoms with Gasteiger partial charge in [0.1, 0.15) is 0 Å². The number of ether oxygens (including phenoxy) is 1. The van der Waals surface area contributed by atoms with E-state index < -0.39 is 18.1 Å². The molecular weight excluding hydrogens is 555 g/mol. The van der Waals surface area contributed by atoms with Crippen LogP contribution in [-0.2, 0) is 9.53 Å². The van der Waals surface area contributed by atoms with Gasteiger partial charge in [0.15, 0.2) is 5.83 Å². The van der Waals surface area contributed by atoms with Gasteiger partial charge in [0.2, 0.25) is 5.91 Å². The van der Waals surface area contributed by atoms with Crippen molar-refractivity contribution < 1.29 is 13.9 Å². The Morgan fingerprint density at radius 1 is 1.14 bits per heavy atom. The summed E-state index contributed by atoms with van der Waals surface area (Å²) >= 11 is 0. The SMILES string of the molecule is CCCCCN1CCC(N2CCCC3(COC3)C2)C(NC(=O)C(C(N)N)C2N=C=C(F)CCC(CCC)(C3CCC3)C2C)C1. The van der Waals surface area contributed by atoms with Gasteiger partial charge in [0.25, 0.3) is 0 Å². The van der Waals surface area contributed by atoms with Crippen LogP contribution in [0.5, 0.6) is 0 Å². The van der Waals surface area contributed by atoms with Crippen LogP contribution in [0.25, 0.3) is 0 Å². The number of nitrogens with zero attached hydrogens (tertiary/aromatic N) is 3. The highest BCUT2D eigenvalue weighted by Crippen LogP contribution is 2.55. The lowest BCUT2D eigenvalue weighted by Crippen LogP contribution is -2.66. The summed E-state index contributed by atoms with van der Waals surface area (Å²) in [7, 11) is 0. The van der Waals surface area contributed by atoms with Gasteiger partial charge in [-0.2, -0.15) is 0 Å². The number of nitrogens with two attached hydrogens (primary N) is 2. The summed E-state index contributed by atoms with van der Waals surface area (Å²) in [6.07, 6.45) is 12.8. The molecule has 0 bridgehead atoms. The quantitative estimate of drug-likeness (QED) is 0.218. The van der Waals surface area contributed by atoms with E-state index in [1.807, 2.05) is 0 Å². The van der Waals surface area contributed by atoms with Gasteiger partial charge in [0.05, 0.1) is 37.4 Å². The molecule has 4 fully saturated rings. The molecule has 4 aliphatic heterocycles. The molecule has 5 aliphatic rings. The van der Waals surface area contributed by atoms with Gasteiger partial charge in [-0.3, -0.25) is 9.69 Å². The summed E-state index contributed by atoms with van der Waals surface area (Å²) in [5.41, 5.74) is 13.2. The van der Waals surface area contributed by atoms with Gasteiger partial charge in [0, 0.05) is 36.8 Å². The molecule has 0 aromatic carbocycles. The van der Waals surface area contributed by atoms with E-state index in [0.29, 0.717) is 12.3 Å². The third-order valence-corrected chi connectivity index (χ3v) is 12.3. The van der Waals surface area contributed by atoms with Gasteiger partial charge < -0.3 is 26.4 Å². The van der Waals surface area contributed by atoms with Crippen molar-refractivity contribution in [2.45, 2.75) is 129 Å². The van der Waals surface area contributed by atoms with Crippen molar-refractivity contribution in [3.05, 3.63) is 5.83 Å². The van der Waals surface area contributed by atoms with Crippen LogP contribution in [0.1, 0.15) is 104 Å². The predicted octanol–water partition coefficient (Wildman–Crippen LogP) is 4.62. The number of carbonyl (C=O) groups is 1. The van der Waals surface area contributed by atoms with E-state index in [-0.39, 0.29) is 40.6 Å². The molecule has 3 saturated heterocycles. The van der Waals surface area contributed by atoms with Crippen molar-refractivity contribution in [1.82, 2.24) is 15.1 Å². The summed E-state index contributed by atoms with van der Waals surface area (Å²) < 4.78 is 20.6. The second-order valence-corrected chi connectivity index (χ2v) is 15.2. The standard InChI is InChI=1S/C35H61FN6O2/c1-4-6-7-17-41-19-13-29(42-18-9-15-34(22-42)23-44-24-34)28(21-41)40-33(43)30(32(37)38)31-25(3)35(14-5-2,26-10-8-11-26)16-12-27(36)20-39-31/h25-26,28-32H,4-19,21-24,37-38H2,1-3H3,(H,40,43). The average Bonchev–Trinajstić information content (AvgIpc) is 2.95. The molecule has 8 nitrogen and oxygen atoms in total. The number of likely N-dealkylation sites (tertiary alicyclic amines) is 2. The van der Waals surface area contributed by atoms with Crippen molar-refractivity contribution in [3.63, 3.8) is 0 Å². The zero-order valence-corrected chi connectivity index (χ0v) is 27.9. The van der Waals surface area contributed by atoms with Gasteiger partial charge in [-0.15, -0.1) is 0 Å². The largest absolute Gasteiger partial charge is 0.380 e. The molecule has 0 aromatic rings. The fraction of sp³-hybridized carbons (Fsp3) is 0.914. The van der Waals surface area contributed by atoms with Crippen LogP contribution in [0.15, 0.2) is 10.8 Å². The van der Waals surface area contributed by atoms with Crippen molar-refractivity contribution in [1.29, 1.82) is 0 Å². The van der Waals surface area contributed by atoms with Crippen molar-refractivity contribution >= 4 is 11.8 Å². The minimum atomic E-state index is -0.899. The lowest BCUT2D eigenvalue weighted by atomic mass is 9.53. The Bertz CT molecular complexity index is 1020. The normalized spacial score (nSPS) is 34.1.